The standard InChI is InChI=1S/C25H21ClN2O3S/c1-2-30-22-10-6-5-9-21(22)27-25-28-24(29)23(32-25)15-17-11-13-19(14-12-17)31-16-18-7-3-4-8-20(18)26/h3-15H,2,16H2,1H3,(H,27,28,29)/b23-15-. The van der Waals surface area contributed by atoms with Gasteiger partial charge in [0.25, 0.3) is 5.91 Å². The van der Waals surface area contributed by atoms with Gasteiger partial charge in [-0.1, -0.05) is 54.1 Å². The Labute approximate surface area is 196 Å². The molecule has 0 atom stereocenters. The minimum Gasteiger partial charge on any atom is -0.492 e. The summed E-state index contributed by atoms with van der Waals surface area (Å²) in [7, 11) is 0. The van der Waals surface area contributed by atoms with Crippen LogP contribution in [0, 0.1) is 0 Å². The molecule has 1 aliphatic rings. The van der Waals surface area contributed by atoms with Crippen molar-refractivity contribution in [2.75, 3.05) is 6.61 Å². The zero-order chi connectivity index (χ0) is 22.3. The van der Waals surface area contributed by atoms with Crippen LogP contribution in [0.4, 0.5) is 5.69 Å². The third-order valence-electron chi connectivity index (χ3n) is 4.57. The largest absolute Gasteiger partial charge is 0.492 e. The van der Waals surface area contributed by atoms with E-state index in [1.54, 1.807) is 0 Å². The van der Waals surface area contributed by atoms with E-state index in [4.69, 9.17) is 21.1 Å². The molecule has 0 bridgehead atoms. The number of benzene rings is 3. The zero-order valence-corrected chi connectivity index (χ0v) is 19.0. The first-order valence-electron chi connectivity index (χ1n) is 10.1. The van der Waals surface area contributed by atoms with E-state index in [0.29, 0.717) is 39.7 Å². The van der Waals surface area contributed by atoms with Crippen LogP contribution in [0.5, 0.6) is 11.5 Å². The molecule has 0 spiro atoms. The predicted octanol–water partition coefficient (Wildman–Crippen LogP) is 6.21. The van der Waals surface area contributed by atoms with Crippen molar-refractivity contribution < 1.29 is 14.3 Å². The van der Waals surface area contributed by atoms with E-state index in [1.165, 1.54) is 11.8 Å². The second-order valence-corrected chi connectivity index (χ2v) is 8.27. The Morgan fingerprint density at radius 3 is 2.53 bits per heavy atom. The fourth-order valence-corrected chi connectivity index (χ4v) is 4.03. The number of carbonyl (C=O) groups is 1. The molecule has 1 N–H and O–H groups in total. The molecular formula is C25H21ClN2O3S. The molecule has 1 amide bonds. The van der Waals surface area contributed by atoms with E-state index in [2.05, 4.69) is 10.3 Å². The average molecular weight is 465 g/mol. The maximum absolute atomic E-state index is 12.4. The lowest BCUT2D eigenvalue weighted by atomic mass is 10.2. The van der Waals surface area contributed by atoms with Gasteiger partial charge in [-0.2, -0.15) is 0 Å². The van der Waals surface area contributed by atoms with Crippen molar-refractivity contribution in [3.05, 3.63) is 93.9 Å². The fourth-order valence-electron chi connectivity index (χ4n) is 3.01. The zero-order valence-electron chi connectivity index (χ0n) is 17.4. The number of ether oxygens (including phenoxy) is 2. The quantitative estimate of drug-likeness (QED) is 0.422. The molecule has 1 aliphatic heterocycles. The molecule has 3 aromatic carbocycles. The van der Waals surface area contributed by atoms with E-state index in [0.717, 1.165) is 16.9 Å². The highest BCUT2D eigenvalue weighted by Gasteiger charge is 2.24. The summed E-state index contributed by atoms with van der Waals surface area (Å²) in [6.07, 6.45) is 1.83. The smallest absolute Gasteiger partial charge is 0.264 e. The van der Waals surface area contributed by atoms with Gasteiger partial charge in [0, 0.05) is 10.6 Å². The molecule has 5 nitrogen and oxygen atoms in total. The van der Waals surface area contributed by atoms with Crippen LogP contribution in [0.3, 0.4) is 0 Å². The van der Waals surface area contributed by atoms with Gasteiger partial charge in [-0.15, -0.1) is 0 Å². The number of hydrogen-bond acceptors (Lipinski definition) is 5. The number of amides is 1. The first-order valence-corrected chi connectivity index (χ1v) is 11.3. The molecule has 1 heterocycles. The Hall–Kier alpha value is -3.22. The Balaban J connectivity index is 1.43. The molecule has 3 aromatic rings. The van der Waals surface area contributed by atoms with Crippen molar-refractivity contribution in [3.63, 3.8) is 0 Å². The molecule has 1 saturated heterocycles. The van der Waals surface area contributed by atoms with Gasteiger partial charge in [0.1, 0.15) is 23.8 Å². The third kappa shape index (κ3) is 5.52. The van der Waals surface area contributed by atoms with Crippen LogP contribution in [-0.4, -0.2) is 17.7 Å². The van der Waals surface area contributed by atoms with E-state index in [9.17, 15) is 4.79 Å². The summed E-state index contributed by atoms with van der Waals surface area (Å²) in [5.41, 5.74) is 2.50. The summed E-state index contributed by atoms with van der Waals surface area (Å²) in [5, 5.41) is 4.01. The maximum atomic E-state index is 12.4. The number of aliphatic imine (C=N–C) groups is 1. The Morgan fingerprint density at radius 2 is 1.75 bits per heavy atom. The molecule has 162 valence electrons. The van der Waals surface area contributed by atoms with Gasteiger partial charge in [-0.25, -0.2) is 4.99 Å². The number of halogens is 1. The van der Waals surface area contributed by atoms with E-state index < -0.39 is 0 Å². The van der Waals surface area contributed by atoms with E-state index in [1.807, 2.05) is 85.8 Å². The summed E-state index contributed by atoms with van der Waals surface area (Å²) in [5.74, 6) is 1.23. The topological polar surface area (TPSA) is 59.9 Å². The number of nitrogens with zero attached hydrogens (tertiary/aromatic N) is 1. The Kier molecular flexibility index (Phi) is 7.14. The normalized spacial score (nSPS) is 15.8. The predicted molar refractivity (Wildman–Crippen MR) is 131 cm³/mol. The summed E-state index contributed by atoms with van der Waals surface area (Å²) < 4.78 is 11.4. The maximum Gasteiger partial charge on any atom is 0.264 e. The number of thioether (sulfide) groups is 1. The van der Waals surface area contributed by atoms with Crippen molar-refractivity contribution >= 4 is 46.2 Å². The fraction of sp³-hybridized carbons (Fsp3) is 0.120. The van der Waals surface area contributed by atoms with Crippen LogP contribution in [0.25, 0.3) is 6.08 Å². The van der Waals surface area contributed by atoms with Crippen LogP contribution in [0.15, 0.2) is 82.7 Å². The number of carbonyl (C=O) groups excluding carboxylic acids is 1. The Bertz CT molecular complexity index is 1180. The van der Waals surface area contributed by atoms with Gasteiger partial charge in [0.15, 0.2) is 5.17 Å². The first-order chi connectivity index (χ1) is 15.6. The van der Waals surface area contributed by atoms with Crippen LogP contribution in [0.2, 0.25) is 5.02 Å². The van der Waals surface area contributed by atoms with Crippen molar-refractivity contribution in [2.24, 2.45) is 4.99 Å². The van der Waals surface area contributed by atoms with Crippen molar-refractivity contribution in [1.82, 2.24) is 5.32 Å². The molecular weight excluding hydrogens is 444 g/mol. The van der Waals surface area contributed by atoms with Crippen LogP contribution >= 0.6 is 23.4 Å². The van der Waals surface area contributed by atoms with E-state index in [-0.39, 0.29) is 5.91 Å². The summed E-state index contributed by atoms with van der Waals surface area (Å²) in [6.45, 7) is 2.86. The highest BCUT2D eigenvalue weighted by Crippen LogP contribution is 2.32. The number of hydrogen-bond donors (Lipinski definition) is 1. The third-order valence-corrected chi connectivity index (χ3v) is 5.85. The molecule has 0 unspecified atom stereocenters. The molecule has 0 saturated carbocycles. The minimum absolute atomic E-state index is 0.179. The summed E-state index contributed by atoms with van der Waals surface area (Å²) in [4.78, 5) is 17.5. The summed E-state index contributed by atoms with van der Waals surface area (Å²) >= 11 is 7.46. The second-order valence-electron chi connectivity index (χ2n) is 6.83. The van der Waals surface area contributed by atoms with Gasteiger partial charge in [0.05, 0.1) is 11.5 Å². The van der Waals surface area contributed by atoms with Gasteiger partial charge < -0.3 is 14.8 Å². The second kappa shape index (κ2) is 10.4. The lowest BCUT2D eigenvalue weighted by Crippen LogP contribution is -2.19. The van der Waals surface area contributed by atoms with E-state index >= 15 is 0 Å². The van der Waals surface area contributed by atoms with Crippen LogP contribution in [0.1, 0.15) is 18.1 Å². The molecule has 0 radical (unpaired) electrons. The highest BCUT2D eigenvalue weighted by molar-refractivity contribution is 8.18. The summed E-state index contributed by atoms with van der Waals surface area (Å²) in [6, 6.07) is 22.6. The highest BCUT2D eigenvalue weighted by atomic mass is 35.5. The number of nitrogens with one attached hydrogen (secondary N) is 1. The molecule has 0 aromatic heterocycles. The molecule has 7 heteroatoms. The van der Waals surface area contributed by atoms with Crippen molar-refractivity contribution in [2.45, 2.75) is 13.5 Å². The van der Waals surface area contributed by atoms with Gasteiger partial charge in [-0.05, 0) is 60.7 Å². The monoisotopic (exact) mass is 464 g/mol. The number of para-hydroxylation sites is 2. The van der Waals surface area contributed by atoms with Gasteiger partial charge in [0.2, 0.25) is 0 Å². The lowest BCUT2D eigenvalue weighted by Gasteiger charge is -2.08. The SMILES string of the molecule is CCOc1ccccc1N=C1NC(=O)/C(=C/c2ccc(OCc3ccccc3Cl)cc2)S1. The lowest BCUT2D eigenvalue weighted by molar-refractivity contribution is -0.115. The van der Waals surface area contributed by atoms with Crippen LogP contribution < -0.4 is 14.8 Å². The molecule has 0 aliphatic carbocycles. The molecule has 1 fully saturated rings. The average Bonchev–Trinajstić information content (AvgIpc) is 3.14. The van der Waals surface area contributed by atoms with Crippen LogP contribution in [-0.2, 0) is 11.4 Å². The number of amidine groups is 1. The molecule has 4 rings (SSSR count). The first kappa shape index (κ1) is 22.0. The van der Waals surface area contributed by atoms with Gasteiger partial charge >= 0.3 is 0 Å². The number of rotatable bonds is 7. The van der Waals surface area contributed by atoms with Gasteiger partial charge in [-0.3, -0.25) is 4.79 Å². The van der Waals surface area contributed by atoms with Crippen molar-refractivity contribution in [1.29, 1.82) is 0 Å². The minimum atomic E-state index is -0.179. The Morgan fingerprint density at radius 1 is 1.00 bits per heavy atom. The molecule has 32 heavy (non-hydrogen) atoms. The van der Waals surface area contributed by atoms with Crippen molar-refractivity contribution in [3.8, 4) is 11.5 Å².